The predicted molar refractivity (Wildman–Crippen MR) is 71.4 cm³/mol. The fraction of sp³-hybridized carbons (Fsp3) is 0.600. The molecular formula is C15H23NO. The van der Waals surface area contributed by atoms with Gasteiger partial charge in [-0.05, 0) is 42.9 Å². The molecule has 0 heterocycles. The van der Waals surface area contributed by atoms with Crippen LogP contribution in [0, 0.1) is 0 Å². The molecule has 0 spiro atoms. The van der Waals surface area contributed by atoms with E-state index >= 15 is 0 Å². The zero-order valence-corrected chi connectivity index (χ0v) is 10.7. The Morgan fingerprint density at radius 2 is 1.88 bits per heavy atom. The van der Waals surface area contributed by atoms with Crippen LogP contribution in [-0.2, 0) is 0 Å². The Hall–Kier alpha value is -1.02. The molecule has 0 aliphatic heterocycles. The van der Waals surface area contributed by atoms with E-state index in [0.717, 1.165) is 18.8 Å². The van der Waals surface area contributed by atoms with Crippen molar-refractivity contribution in [3.8, 4) is 5.75 Å². The number of ether oxygens (including phenoxy) is 1. The number of hydrogen-bond donors (Lipinski definition) is 1. The molecule has 2 rings (SSSR count). The fourth-order valence-electron chi connectivity index (χ4n) is 2.60. The van der Waals surface area contributed by atoms with E-state index in [2.05, 4.69) is 31.2 Å². The third-order valence-corrected chi connectivity index (χ3v) is 3.60. The predicted octanol–water partition coefficient (Wildman–Crippen LogP) is 3.46. The second-order valence-electron chi connectivity index (χ2n) is 4.97. The second-order valence-corrected chi connectivity index (χ2v) is 4.97. The van der Waals surface area contributed by atoms with Crippen molar-refractivity contribution < 1.29 is 4.74 Å². The lowest BCUT2D eigenvalue weighted by Gasteiger charge is -2.29. The van der Waals surface area contributed by atoms with Gasteiger partial charge in [0.2, 0.25) is 0 Å². The Kier molecular flexibility index (Phi) is 4.43. The number of hydrogen-bond acceptors (Lipinski definition) is 2. The molecule has 0 aromatic heterocycles. The quantitative estimate of drug-likeness (QED) is 0.864. The molecule has 1 fully saturated rings. The highest BCUT2D eigenvalue weighted by Crippen LogP contribution is 2.32. The van der Waals surface area contributed by atoms with E-state index < -0.39 is 0 Å². The first-order valence-corrected chi connectivity index (χ1v) is 6.79. The molecule has 1 aromatic rings. The minimum Gasteiger partial charge on any atom is -0.494 e. The lowest BCUT2D eigenvalue weighted by atomic mass is 9.80. The van der Waals surface area contributed by atoms with Crippen molar-refractivity contribution in [1.82, 2.24) is 0 Å². The Morgan fingerprint density at radius 3 is 2.53 bits per heavy atom. The van der Waals surface area contributed by atoms with Crippen molar-refractivity contribution in [2.45, 2.75) is 51.0 Å². The van der Waals surface area contributed by atoms with Crippen molar-refractivity contribution in [3.05, 3.63) is 29.8 Å². The van der Waals surface area contributed by atoms with Gasteiger partial charge in [0.25, 0.3) is 0 Å². The van der Waals surface area contributed by atoms with Crippen molar-refractivity contribution in [1.29, 1.82) is 0 Å². The van der Waals surface area contributed by atoms with E-state index in [0.29, 0.717) is 12.0 Å². The molecule has 0 amide bonds. The highest BCUT2D eigenvalue weighted by molar-refractivity contribution is 5.30. The Labute approximate surface area is 104 Å². The molecule has 17 heavy (non-hydrogen) atoms. The number of rotatable bonds is 4. The maximum absolute atomic E-state index is 6.20. The summed E-state index contributed by atoms with van der Waals surface area (Å²) in [7, 11) is 0. The molecule has 2 atom stereocenters. The molecule has 94 valence electrons. The van der Waals surface area contributed by atoms with Gasteiger partial charge in [0, 0.05) is 6.04 Å². The monoisotopic (exact) mass is 233 g/mol. The van der Waals surface area contributed by atoms with Gasteiger partial charge in [-0.25, -0.2) is 0 Å². The lowest BCUT2D eigenvalue weighted by Crippen LogP contribution is -2.31. The van der Waals surface area contributed by atoms with Gasteiger partial charge in [-0.2, -0.15) is 0 Å². The van der Waals surface area contributed by atoms with Gasteiger partial charge in [0.05, 0.1) is 6.61 Å². The minimum absolute atomic E-state index is 0.339. The lowest BCUT2D eigenvalue weighted by molar-refractivity contribution is 0.317. The van der Waals surface area contributed by atoms with Crippen molar-refractivity contribution >= 4 is 0 Å². The SMILES string of the molecule is CCCOc1ccc(C2CCCCC2N)cc1. The van der Waals surface area contributed by atoms with Crippen LogP contribution in [0.1, 0.15) is 50.5 Å². The molecule has 0 saturated heterocycles. The Balaban J connectivity index is 2.01. The van der Waals surface area contributed by atoms with Crippen LogP contribution >= 0.6 is 0 Å². The molecule has 1 aliphatic rings. The third kappa shape index (κ3) is 3.22. The zero-order chi connectivity index (χ0) is 12.1. The highest BCUT2D eigenvalue weighted by atomic mass is 16.5. The molecule has 0 radical (unpaired) electrons. The van der Waals surface area contributed by atoms with Crippen molar-refractivity contribution in [3.63, 3.8) is 0 Å². The first-order chi connectivity index (χ1) is 8.31. The topological polar surface area (TPSA) is 35.2 Å². The van der Waals surface area contributed by atoms with Gasteiger partial charge in [-0.3, -0.25) is 0 Å². The maximum atomic E-state index is 6.20. The van der Waals surface area contributed by atoms with E-state index in [-0.39, 0.29) is 0 Å². The van der Waals surface area contributed by atoms with Crippen LogP contribution in [0.2, 0.25) is 0 Å². The zero-order valence-electron chi connectivity index (χ0n) is 10.7. The van der Waals surface area contributed by atoms with Crippen LogP contribution in [0.5, 0.6) is 5.75 Å². The van der Waals surface area contributed by atoms with Crippen LogP contribution < -0.4 is 10.5 Å². The van der Waals surface area contributed by atoms with Gasteiger partial charge < -0.3 is 10.5 Å². The van der Waals surface area contributed by atoms with Gasteiger partial charge in [0.15, 0.2) is 0 Å². The van der Waals surface area contributed by atoms with Crippen LogP contribution in [0.15, 0.2) is 24.3 Å². The first-order valence-electron chi connectivity index (χ1n) is 6.79. The summed E-state index contributed by atoms with van der Waals surface area (Å²) in [6.07, 6.45) is 6.05. The van der Waals surface area contributed by atoms with Crippen molar-refractivity contribution in [2.75, 3.05) is 6.61 Å². The molecule has 1 saturated carbocycles. The molecule has 2 heteroatoms. The average Bonchev–Trinajstić information content (AvgIpc) is 2.38. The summed E-state index contributed by atoms with van der Waals surface area (Å²) in [5, 5.41) is 0. The van der Waals surface area contributed by atoms with E-state index in [1.54, 1.807) is 0 Å². The van der Waals surface area contributed by atoms with Crippen molar-refractivity contribution in [2.24, 2.45) is 5.73 Å². The van der Waals surface area contributed by atoms with Crippen LogP contribution in [0.3, 0.4) is 0 Å². The molecule has 2 unspecified atom stereocenters. The van der Waals surface area contributed by atoms with E-state index in [4.69, 9.17) is 10.5 Å². The maximum Gasteiger partial charge on any atom is 0.119 e. The molecule has 2 N–H and O–H groups in total. The fourth-order valence-corrected chi connectivity index (χ4v) is 2.60. The normalized spacial score (nSPS) is 24.6. The van der Waals surface area contributed by atoms with E-state index in [1.165, 1.54) is 31.2 Å². The second kappa shape index (κ2) is 6.06. The summed E-state index contributed by atoms with van der Waals surface area (Å²) < 4.78 is 5.59. The summed E-state index contributed by atoms with van der Waals surface area (Å²) in [6.45, 7) is 2.91. The van der Waals surface area contributed by atoms with Gasteiger partial charge in [-0.1, -0.05) is 31.9 Å². The van der Waals surface area contributed by atoms with E-state index in [1.807, 2.05) is 0 Å². The van der Waals surface area contributed by atoms with Gasteiger partial charge in [0.1, 0.15) is 5.75 Å². The summed E-state index contributed by atoms with van der Waals surface area (Å²) in [5.74, 6) is 1.52. The Morgan fingerprint density at radius 1 is 1.18 bits per heavy atom. The summed E-state index contributed by atoms with van der Waals surface area (Å²) in [4.78, 5) is 0. The van der Waals surface area contributed by atoms with Crippen LogP contribution in [-0.4, -0.2) is 12.6 Å². The van der Waals surface area contributed by atoms with E-state index in [9.17, 15) is 0 Å². The highest BCUT2D eigenvalue weighted by Gasteiger charge is 2.22. The van der Waals surface area contributed by atoms with Gasteiger partial charge in [-0.15, -0.1) is 0 Å². The molecular weight excluding hydrogens is 210 g/mol. The molecule has 1 aromatic carbocycles. The van der Waals surface area contributed by atoms with Gasteiger partial charge >= 0.3 is 0 Å². The number of benzene rings is 1. The molecule has 1 aliphatic carbocycles. The van der Waals surface area contributed by atoms with Crippen LogP contribution in [0.25, 0.3) is 0 Å². The number of nitrogens with two attached hydrogens (primary N) is 1. The third-order valence-electron chi connectivity index (χ3n) is 3.60. The van der Waals surface area contributed by atoms with Crippen LogP contribution in [0.4, 0.5) is 0 Å². The summed E-state index contributed by atoms with van der Waals surface area (Å²) in [5.41, 5.74) is 7.57. The largest absolute Gasteiger partial charge is 0.494 e. The Bertz CT molecular complexity index is 333. The summed E-state index contributed by atoms with van der Waals surface area (Å²) in [6, 6.07) is 8.85. The molecule has 0 bridgehead atoms. The smallest absolute Gasteiger partial charge is 0.119 e. The average molecular weight is 233 g/mol. The first kappa shape index (κ1) is 12.4. The minimum atomic E-state index is 0.339. The standard InChI is InChI=1S/C15H23NO/c1-2-11-17-13-9-7-12(8-10-13)14-5-3-4-6-15(14)16/h7-10,14-15H,2-6,11,16H2,1H3. The summed E-state index contributed by atoms with van der Waals surface area (Å²) >= 11 is 0. The molecule has 2 nitrogen and oxygen atoms in total.